The smallest absolute Gasteiger partial charge is 0.270 e. The Hall–Kier alpha value is -2.29. The van der Waals surface area contributed by atoms with Gasteiger partial charge in [-0.1, -0.05) is 42.5 Å². The molecule has 0 radical (unpaired) electrons. The number of benzene rings is 2. The van der Waals surface area contributed by atoms with E-state index in [1.807, 2.05) is 54.6 Å². The number of anilines is 1. The van der Waals surface area contributed by atoms with Gasteiger partial charge >= 0.3 is 0 Å². The van der Waals surface area contributed by atoms with Crippen molar-refractivity contribution in [3.05, 3.63) is 60.2 Å². The van der Waals surface area contributed by atoms with Gasteiger partial charge in [-0.25, -0.2) is 0 Å². The average Bonchev–Trinajstić information content (AvgIpc) is 2.39. The summed E-state index contributed by atoms with van der Waals surface area (Å²) in [6.07, 6.45) is -0.564. The van der Waals surface area contributed by atoms with Crippen LogP contribution in [0.5, 0.6) is 5.75 Å². The second-order valence-electron chi connectivity index (χ2n) is 3.89. The van der Waals surface area contributed by atoms with E-state index in [-0.39, 0.29) is 5.91 Å². The summed E-state index contributed by atoms with van der Waals surface area (Å²) < 4.78 is 5.72. The van der Waals surface area contributed by atoms with Crippen molar-refractivity contribution < 1.29 is 9.53 Å². The van der Waals surface area contributed by atoms with E-state index in [4.69, 9.17) is 4.74 Å². The topological polar surface area (TPSA) is 38.3 Å². The van der Waals surface area contributed by atoms with Gasteiger partial charge in [0.15, 0.2) is 0 Å². The maximum Gasteiger partial charge on any atom is 0.270 e. The van der Waals surface area contributed by atoms with Crippen LogP contribution in [0.25, 0.3) is 0 Å². The van der Waals surface area contributed by atoms with Crippen LogP contribution >= 0.6 is 0 Å². The highest BCUT2D eigenvalue weighted by molar-refractivity contribution is 5.98. The number of carbonyl (C=O) groups excluding carboxylic acids is 1. The third-order valence-electron chi connectivity index (χ3n) is 2.73. The quantitative estimate of drug-likeness (QED) is 0.810. The molecule has 1 heterocycles. The molecule has 0 fully saturated rings. The molecule has 0 saturated carbocycles. The largest absolute Gasteiger partial charge is 0.474 e. The number of para-hydroxylation sites is 2. The Labute approximate surface area is 99.0 Å². The molecule has 1 atom stereocenters. The standard InChI is InChI=1S/C14H11NO2/c16-14-13(10-6-2-1-3-7-10)17-12-9-5-4-8-11(12)15-14/h1-9,13H,(H,15,16). The normalized spacial score (nSPS) is 17.9. The first kappa shape index (κ1) is 9.90. The van der Waals surface area contributed by atoms with E-state index >= 15 is 0 Å². The van der Waals surface area contributed by atoms with Gasteiger partial charge in [-0.3, -0.25) is 4.79 Å². The fraction of sp³-hybridized carbons (Fsp3) is 0.0714. The van der Waals surface area contributed by atoms with Crippen LogP contribution in [0.3, 0.4) is 0 Å². The van der Waals surface area contributed by atoms with Crippen LogP contribution in [-0.4, -0.2) is 5.91 Å². The zero-order chi connectivity index (χ0) is 11.7. The lowest BCUT2D eigenvalue weighted by Crippen LogP contribution is -2.29. The van der Waals surface area contributed by atoms with Crippen molar-refractivity contribution in [2.45, 2.75) is 6.10 Å². The SMILES string of the molecule is O=C1Nc2ccccc2OC1c1ccccc1. The van der Waals surface area contributed by atoms with Gasteiger partial charge in [-0.15, -0.1) is 0 Å². The Morgan fingerprint density at radius 1 is 0.941 bits per heavy atom. The lowest BCUT2D eigenvalue weighted by Gasteiger charge is -2.25. The third kappa shape index (κ3) is 1.76. The van der Waals surface area contributed by atoms with Crippen LogP contribution < -0.4 is 10.1 Å². The number of fused-ring (bicyclic) bond motifs is 1. The molecule has 0 spiro atoms. The van der Waals surface area contributed by atoms with Gasteiger partial charge in [0.25, 0.3) is 5.91 Å². The number of hydrogen-bond donors (Lipinski definition) is 1. The van der Waals surface area contributed by atoms with Crippen molar-refractivity contribution in [1.82, 2.24) is 0 Å². The molecule has 1 amide bonds. The zero-order valence-corrected chi connectivity index (χ0v) is 9.09. The Balaban J connectivity index is 1.98. The van der Waals surface area contributed by atoms with E-state index < -0.39 is 6.10 Å². The number of hydrogen-bond acceptors (Lipinski definition) is 2. The molecule has 2 aromatic rings. The second kappa shape index (κ2) is 3.94. The summed E-state index contributed by atoms with van der Waals surface area (Å²) in [6.45, 7) is 0. The van der Waals surface area contributed by atoms with Gasteiger partial charge in [0.1, 0.15) is 5.75 Å². The molecule has 3 rings (SSSR count). The molecule has 3 heteroatoms. The number of nitrogens with one attached hydrogen (secondary N) is 1. The van der Waals surface area contributed by atoms with E-state index in [9.17, 15) is 4.79 Å². The summed E-state index contributed by atoms with van der Waals surface area (Å²) in [5.41, 5.74) is 1.59. The Kier molecular flexibility index (Phi) is 2.29. The van der Waals surface area contributed by atoms with E-state index in [0.29, 0.717) is 5.75 Å². The Morgan fingerprint density at radius 3 is 2.47 bits per heavy atom. The minimum absolute atomic E-state index is 0.130. The summed E-state index contributed by atoms with van der Waals surface area (Å²) in [6, 6.07) is 16.9. The van der Waals surface area contributed by atoms with Crippen molar-refractivity contribution in [3.8, 4) is 5.75 Å². The Bertz CT molecular complexity index is 551. The van der Waals surface area contributed by atoms with Gasteiger partial charge in [0.05, 0.1) is 5.69 Å². The maximum absolute atomic E-state index is 11.9. The van der Waals surface area contributed by atoms with Crippen molar-refractivity contribution in [2.24, 2.45) is 0 Å². The van der Waals surface area contributed by atoms with Crippen molar-refractivity contribution in [3.63, 3.8) is 0 Å². The summed E-state index contributed by atoms with van der Waals surface area (Å²) in [7, 11) is 0. The van der Waals surface area contributed by atoms with Crippen LogP contribution in [0.1, 0.15) is 11.7 Å². The van der Waals surface area contributed by atoms with E-state index in [1.54, 1.807) is 0 Å². The third-order valence-corrected chi connectivity index (χ3v) is 2.73. The van der Waals surface area contributed by atoms with Crippen LogP contribution in [0.2, 0.25) is 0 Å². The molecule has 3 nitrogen and oxygen atoms in total. The van der Waals surface area contributed by atoms with Gasteiger partial charge in [-0.05, 0) is 12.1 Å². The Morgan fingerprint density at radius 2 is 1.65 bits per heavy atom. The molecule has 0 aromatic heterocycles. The van der Waals surface area contributed by atoms with Gasteiger partial charge in [0.2, 0.25) is 6.10 Å². The molecular weight excluding hydrogens is 214 g/mol. The number of amides is 1. The van der Waals surface area contributed by atoms with Crippen LogP contribution in [-0.2, 0) is 4.79 Å². The summed E-state index contributed by atoms with van der Waals surface area (Å²) in [5, 5.41) is 2.84. The number of ether oxygens (including phenoxy) is 1. The summed E-state index contributed by atoms with van der Waals surface area (Å²) in [4.78, 5) is 11.9. The summed E-state index contributed by atoms with van der Waals surface area (Å²) >= 11 is 0. The first-order valence-corrected chi connectivity index (χ1v) is 5.46. The van der Waals surface area contributed by atoms with Crippen LogP contribution in [0.15, 0.2) is 54.6 Å². The molecular formula is C14H11NO2. The summed E-state index contributed by atoms with van der Waals surface area (Å²) in [5.74, 6) is 0.579. The first-order chi connectivity index (χ1) is 8.34. The second-order valence-corrected chi connectivity index (χ2v) is 3.89. The highest BCUT2D eigenvalue weighted by Gasteiger charge is 2.28. The van der Waals surface area contributed by atoms with Crippen molar-refractivity contribution in [1.29, 1.82) is 0 Å². The number of rotatable bonds is 1. The van der Waals surface area contributed by atoms with Crippen LogP contribution in [0, 0.1) is 0 Å². The first-order valence-electron chi connectivity index (χ1n) is 5.46. The molecule has 0 bridgehead atoms. The van der Waals surface area contributed by atoms with E-state index in [0.717, 1.165) is 11.3 Å². The monoisotopic (exact) mass is 225 g/mol. The minimum Gasteiger partial charge on any atom is -0.474 e. The zero-order valence-electron chi connectivity index (χ0n) is 9.09. The lowest BCUT2D eigenvalue weighted by atomic mass is 10.1. The highest BCUT2D eigenvalue weighted by atomic mass is 16.5. The molecule has 17 heavy (non-hydrogen) atoms. The highest BCUT2D eigenvalue weighted by Crippen LogP contribution is 2.34. The van der Waals surface area contributed by atoms with Gasteiger partial charge in [-0.2, -0.15) is 0 Å². The average molecular weight is 225 g/mol. The molecule has 1 aliphatic heterocycles. The van der Waals surface area contributed by atoms with E-state index in [2.05, 4.69) is 5.32 Å². The van der Waals surface area contributed by atoms with Gasteiger partial charge in [0, 0.05) is 5.56 Å². The van der Waals surface area contributed by atoms with Gasteiger partial charge < -0.3 is 10.1 Å². The molecule has 1 unspecified atom stereocenters. The molecule has 0 aliphatic carbocycles. The fourth-order valence-electron chi connectivity index (χ4n) is 1.90. The molecule has 84 valence electrons. The number of carbonyl (C=O) groups is 1. The molecule has 1 N–H and O–H groups in total. The van der Waals surface area contributed by atoms with Crippen molar-refractivity contribution >= 4 is 11.6 Å². The lowest BCUT2D eigenvalue weighted by molar-refractivity contribution is -0.123. The minimum atomic E-state index is -0.564. The fourth-order valence-corrected chi connectivity index (χ4v) is 1.90. The van der Waals surface area contributed by atoms with Crippen molar-refractivity contribution in [2.75, 3.05) is 5.32 Å². The molecule has 0 saturated heterocycles. The predicted octanol–water partition coefficient (Wildman–Crippen LogP) is 2.76. The van der Waals surface area contributed by atoms with Crippen LogP contribution in [0.4, 0.5) is 5.69 Å². The predicted molar refractivity (Wildman–Crippen MR) is 64.9 cm³/mol. The van der Waals surface area contributed by atoms with E-state index in [1.165, 1.54) is 0 Å². The maximum atomic E-state index is 11.9. The molecule has 2 aromatic carbocycles. The molecule has 1 aliphatic rings.